The Kier molecular flexibility index (Phi) is 4.45. The van der Waals surface area contributed by atoms with Gasteiger partial charge in [-0.1, -0.05) is 0 Å². The molecule has 0 saturated carbocycles. The number of primary amides is 1. The number of nitrogens with one attached hydrogen (secondary N) is 1. The highest BCUT2D eigenvalue weighted by atomic mass is 32.1. The lowest BCUT2D eigenvalue weighted by atomic mass is 10.2. The Balaban J connectivity index is 2.47. The zero-order chi connectivity index (χ0) is 12.1. The Morgan fingerprint density at radius 2 is 2.25 bits per heavy atom. The van der Waals surface area contributed by atoms with E-state index >= 15 is 0 Å². The van der Waals surface area contributed by atoms with Gasteiger partial charge in [-0.05, 0) is 18.6 Å². The van der Waals surface area contributed by atoms with Gasteiger partial charge in [-0.3, -0.25) is 4.79 Å². The molecule has 5 nitrogen and oxygen atoms in total. The van der Waals surface area contributed by atoms with Gasteiger partial charge in [0.1, 0.15) is 4.88 Å². The molecule has 0 aliphatic rings. The predicted molar refractivity (Wildman–Crippen MR) is 61.5 cm³/mol. The Bertz CT molecular complexity index is 401. The average Bonchev–Trinajstić information content (AvgIpc) is 2.55. The number of carbonyl (C=O) groups excluding carboxylic acids is 1. The first-order valence-electron chi connectivity index (χ1n) is 4.82. The first kappa shape index (κ1) is 12.7. The van der Waals surface area contributed by atoms with E-state index in [9.17, 15) is 9.59 Å². The highest BCUT2D eigenvalue weighted by Gasteiger charge is 2.10. The van der Waals surface area contributed by atoms with E-state index in [2.05, 4.69) is 5.32 Å². The Morgan fingerprint density at radius 1 is 1.56 bits per heavy atom. The number of thiophene rings is 1. The maximum absolute atomic E-state index is 10.7. The summed E-state index contributed by atoms with van der Waals surface area (Å²) in [5, 5.41) is 11.8. The summed E-state index contributed by atoms with van der Waals surface area (Å²) < 4.78 is 0. The molecule has 0 aromatic carbocycles. The minimum atomic E-state index is -0.906. The summed E-state index contributed by atoms with van der Waals surface area (Å²) in [6.45, 7) is 2.94. The fourth-order valence-electron chi connectivity index (χ4n) is 1.24. The van der Waals surface area contributed by atoms with Crippen LogP contribution in [0.3, 0.4) is 0 Å². The molecule has 0 aliphatic carbocycles. The number of nitrogens with two attached hydrogens (primary N) is 1. The van der Waals surface area contributed by atoms with Gasteiger partial charge in [0.15, 0.2) is 0 Å². The zero-order valence-corrected chi connectivity index (χ0v) is 9.76. The van der Waals surface area contributed by atoms with Crippen LogP contribution in [0.5, 0.6) is 0 Å². The summed E-state index contributed by atoms with van der Waals surface area (Å²) in [6.07, 6.45) is 0.287. The minimum absolute atomic E-state index is 0.287. The van der Waals surface area contributed by atoms with E-state index in [0.717, 1.165) is 10.4 Å². The van der Waals surface area contributed by atoms with Crippen LogP contribution in [0.1, 0.15) is 26.5 Å². The van der Waals surface area contributed by atoms with Gasteiger partial charge in [0, 0.05) is 24.4 Å². The molecule has 0 unspecified atom stereocenters. The maximum atomic E-state index is 10.7. The van der Waals surface area contributed by atoms with Crippen LogP contribution in [0.4, 0.5) is 0 Å². The molecule has 0 aliphatic heterocycles. The van der Waals surface area contributed by atoms with Crippen LogP contribution < -0.4 is 11.1 Å². The molecule has 16 heavy (non-hydrogen) atoms. The molecule has 0 bridgehead atoms. The van der Waals surface area contributed by atoms with Crippen molar-refractivity contribution in [2.45, 2.75) is 19.9 Å². The van der Waals surface area contributed by atoms with Gasteiger partial charge >= 0.3 is 5.97 Å². The molecule has 0 fully saturated rings. The van der Waals surface area contributed by atoms with Crippen LogP contribution in [0.15, 0.2) is 6.07 Å². The summed E-state index contributed by atoms with van der Waals surface area (Å²) in [6, 6.07) is 1.65. The van der Waals surface area contributed by atoms with Gasteiger partial charge in [-0.25, -0.2) is 4.79 Å². The second kappa shape index (κ2) is 5.62. The van der Waals surface area contributed by atoms with E-state index in [1.54, 1.807) is 6.07 Å². The summed E-state index contributed by atoms with van der Waals surface area (Å²) in [5.74, 6) is -1.25. The average molecular weight is 242 g/mol. The van der Waals surface area contributed by atoms with Gasteiger partial charge in [-0.2, -0.15) is 0 Å². The third-order valence-corrected chi connectivity index (χ3v) is 3.18. The molecule has 1 aromatic rings. The lowest BCUT2D eigenvalue weighted by molar-refractivity contribution is -0.117. The van der Waals surface area contributed by atoms with Crippen molar-refractivity contribution in [3.05, 3.63) is 21.4 Å². The highest BCUT2D eigenvalue weighted by Crippen LogP contribution is 2.21. The normalized spacial score (nSPS) is 10.3. The molecular formula is C10H14N2O3S. The molecule has 0 atom stereocenters. The van der Waals surface area contributed by atoms with Crippen molar-refractivity contribution in [2.75, 3.05) is 6.54 Å². The first-order valence-corrected chi connectivity index (χ1v) is 5.64. The summed E-state index contributed by atoms with van der Waals surface area (Å²) >= 11 is 1.26. The van der Waals surface area contributed by atoms with E-state index in [1.165, 1.54) is 11.3 Å². The Hall–Kier alpha value is -1.40. The van der Waals surface area contributed by atoms with Crippen molar-refractivity contribution in [3.63, 3.8) is 0 Å². The number of carboxylic acids is 1. The molecule has 0 spiro atoms. The van der Waals surface area contributed by atoms with Crippen LogP contribution in [0.25, 0.3) is 0 Å². The molecule has 0 saturated heterocycles. The number of aryl methyl sites for hydroxylation is 1. The summed E-state index contributed by atoms with van der Waals surface area (Å²) in [5.41, 5.74) is 5.94. The Morgan fingerprint density at radius 3 is 2.75 bits per heavy atom. The third kappa shape index (κ3) is 3.63. The first-order chi connectivity index (χ1) is 7.50. The molecule has 1 rings (SSSR count). The van der Waals surface area contributed by atoms with E-state index in [0.29, 0.717) is 18.0 Å². The number of hydrogen-bond donors (Lipinski definition) is 3. The lowest BCUT2D eigenvalue weighted by Crippen LogP contribution is -2.21. The quantitative estimate of drug-likeness (QED) is 0.641. The molecule has 4 N–H and O–H groups in total. The topological polar surface area (TPSA) is 92.4 Å². The number of carboxylic acid groups (broad SMARTS) is 1. The SMILES string of the molecule is Cc1sc(C(=O)O)cc1CNCCC(N)=O. The van der Waals surface area contributed by atoms with Crippen LogP contribution in [-0.4, -0.2) is 23.5 Å². The van der Waals surface area contributed by atoms with Crippen molar-refractivity contribution in [2.24, 2.45) is 5.73 Å². The number of carbonyl (C=O) groups is 2. The highest BCUT2D eigenvalue weighted by molar-refractivity contribution is 7.14. The molecule has 6 heteroatoms. The van der Waals surface area contributed by atoms with Crippen molar-refractivity contribution in [1.29, 1.82) is 0 Å². The Labute approximate surface area is 97.3 Å². The third-order valence-electron chi connectivity index (χ3n) is 2.09. The van der Waals surface area contributed by atoms with Gasteiger partial charge in [0.05, 0.1) is 0 Å². The molecule has 1 aromatic heterocycles. The van der Waals surface area contributed by atoms with E-state index < -0.39 is 5.97 Å². The molecule has 1 heterocycles. The van der Waals surface area contributed by atoms with E-state index in [-0.39, 0.29) is 12.3 Å². The largest absolute Gasteiger partial charge is 0.477 e. The van der Waals surface area contributed by atoms with Crippen LogP contribution in [0, 0.1) is 6.92 Å². The second-order valence-corrected chi connectivity index (χ2v) is 4.65. The van der Waals surface area contributed by atoms with Crippen molar-refractivity contribution in [1.82, 2.24) is 5.32 Å². The van der Waals surface area contributed by atoms with E-state index in [4.69, 9.17) is 10.8 Å². The number of hydrogen-bond acceptors (Lipinski definition) is 4. The van der Waals surface area contributed by atoms with Crippen molar-refractivity contribution < 1.29 is 14.7 Å². The standard InChI is InChI=1S/C10H14N2O3S/c1-6-7(4-8(16-6)10(14)15)5-12-3-2-9(11)13/h4,12H,2-3,5H2,1H3,(H2,11,13)(H,14,15). The summed E-state index contributed by atoms with van der Waals surface area (Å²) in [7, 11) is 0. The van der Waals surface area contributed by atoms with E-state index in [1.807, 2.05) is 6.92 Å². The number of aromatic carboxylic acids is 1. The summed E-state index contributed by atoms with van der Waals surface area (Å²) in [4.78, 5) is 22.5. The fourth-order valence-corrected chi connectivity index (χ4v) is 2.12. The molecule has 88 valence electrons. The predicted octanol–water partition coefficient (Wildman–Crippen LogP) is 0.720. The number of rotatable bonds is 6. The second-order valence-electron chi connectivity index (χ2n) is 3.39. The van der Waals surface area contributed by atoms with Gasteiger partial charge in [0.2, 0.25) is 5.91 Å². The zero-order valence-electron chi connectivity index (χ0n) is 8.95. The van der Waals surface area contributed by atoms with Crippen LogP contribution in [0.2, 0.25) is 0 Å². The van der Waals surface area contributed by atoms with Gasteiger partial charge in [0.25, 0.3) is 0 Å². The van der Waals surface area contributed by atoms with Gasteiger partial charge in [-0.15, -0.1) is 11.3 Å². The van der Waals surface area contributed by atoms with Crippen LogP contribution in [-0.2, 0) is 11.3 Å². The monoisotopic (exact) mass is 242 g/mol. The fraction of sp³-hybridized carbons (Fsp3) is 0.400. The molecular weight excluding hydrogens is 228 g/mol. The maximum Gasteiger partial charge on any atom is 0.345 e. The van der Waals surface area contributed by atoms with Crippen molar-refractivity contribution in [3.8, 4) is 0 Å². The smallest absolute Gasteiger partial charge is 0.345 e. The number of amides is 1. The minimum Gasteiger partial charge on any atom is -0.477 e. The van der Waals surface area contributed by atoms with Crippen molar-refractivity contribution >= 4 is 23.2 Å². The molecule has 0 radical (unpaired) electrons. The molecule has 1 amide bonds. The lowest BCUT2D eigenvalue weighted by Gasteiger charge is -2.01. The van der Waals surface area contributed by atoms with Crippen LogP contribution >= 0.6 is 11.3 Å². The van der Waals surface area contributed by atoms with Gasteiger partial charge < -0.3 is 16.2 Å².